The number of carboxylic acids is 1. The molecule has 0 saturated carbocycles. The lowest BCUT2D eigenvalue weighted by molar-refractivity contribution is -0.155. The maximum absolute atomic E-state index is 10.9. The minimum atomic E-state index is -0.719. The minimum Gasteiger partial charge on any atom is -0.481 e. The second-order valence-corrected chi connectivity index (χ2v) is 6.07. The maximum Gasteiger partial charge on any atom is 0.304 e. The van der Waals surface area contributed by atoms with E-state index in [0.29, 0.717) is 6.04 Å². The van der Waals surface area contributed by atoms with Crippen molar-refractivity contribution in [1.82, 2.24) is 4.90 Å². The van der Waals surface area contributed by atoms with Crippen LogP contribution in [-0.4, -0.2) is 60.0 Å². The molecule has 2 saturated heterocycles. The molecule has 5 heteroatoms. The van der Waals surface area contributed by atoms with Crippen molar-refractivity contribution in [2.24, 2.45) is 0 Å². The first-order chi connectivity index (χ1) is 9.56. The number of ether oxygens (including phenoxy) is 2. The fraction of sp³-hybridized carbons (Fsp3) is 0.933. The Balaban J connectivity index is 2.00. The van der Waals surface area contributed by atoms with Crippen LogP contribution >= 0.6 is 0 Å². The summed E-state index contributed by atoms with van der Waals surface area (Å²) in [6.07, 6.45) is 4.15. The molecule has 0 aliphatic carbocycles. The van der Waals surface area contributed by atoms with Gasteiger partial charge >= 0.3 is 5.97 Å². The molecule has 2 atom stereocenters. The molecule has 0 bridgehead atoms. The van der Waals surface area contributed by atoms with E-state index >= 15 is 0 Å². The smallest absolute Gasteiger partial charge is 0.304 e. The average molecular weight is 285 g/mol. The van der Waals surface area contributed by atoms with Gasteiger partial charge in [-0.3, -0.25) is 9.69 Å². The van der Waals surface area contributed by atoms with E-state index in [2.05, 4.69) is 11.8 Å². The molecule has 5 nitrogen and oxygen atoms in total. The molecule has 20 heavy (non-hydrogen) atoms. The summed E-state index contributed by atoms with van der Waals surface area (Å²) in [5.41, 5.74) is -0.0302. The van der Waals surface area contributed by atoms with E-state index in [1.165, 1.54) is 0 Å². The number of rotatable bonds is 5. The van der Waals surface area contributed by atoms with Crippen molar-refractivity contribution in [1.29, 1.82) is 0 Å². The maximum atomic E-state index is 10.9. The number of nitrogens with zero attached hydrogens (tertiary/aromatic N) is 1. The third kappa shape index (κ3) is 3.71. The van der Waals surface area contributed by atoms with Gasteiger partial charge < -0.3 is 14.6 Å². The third-order valence-electron chi connectivity index (χ3n) is 4.74. The first kappa shape index (κ1) is 15.7. The molecule has 0 aromatic carbocycles. The van der Waals surface area contributed by atoms with Gasteiger partial charge in [-0.15, -0.1) is 0 Å². The summed E-state index contributed by atoms with van der Waals surface area (Å²) in [6, 6.07) is 0.513. The van der Waals surface area contributed by atoms with Crippen molar-refractivity contribution in [2.75, 3.05) is 26.4 Å². The lowest BCUT2D eigenvalue weighted by Gasteiger charge is -2.47. The molecule has 0 aromatic rings. The molecule has 2 aliphatic rings. The van der Waals surface area contributed by atoms with E-state index < -0.39 is 5.97 Å². The zero-order chi connectivity index (χ0) is 14.6. The highest BCUT2D eigenvalue weighted by Crippen LogP contribution is 2.36. The van der Waals surface area contributed by atoms with Crippen LogP contribution in [0.25, 0.3) is 0 Å². The summed E-state index contributed by atoms with van der Waals surface area (Å²) in [7, 11) is 0. The highest BCUT2D eigenvalue weighted by molar-refractivity contribution is 5.67. The second kappa shape index (κ2) is 6.87. The molecule has 0 radical (unpaired) electrons. The molecule has 0 amide bonds. The molecule has 116 valence electrons. The van der Waals surface area contributed by atoms with E-state index in [4.69, 9.17) is 14.6 Å². The van der Waals surface area contributed by atoms with Crippen LogP contribution in [0.15, 0.2) is 0 Å². The van der Waals surface area contributed by atoms with Crippen LogP contribution < -0.4 is 0 Å². The summed E-state index contributed by atoms with van der Waals surface area (Å²) < 4.78 is 11.5. The standard InChI is InChI=1S/C15H27NO4/c1-3-16(12(2)10-14(17)18)13-4-7-20-15(11-13)5-8-19-9-6-15/h12-13H,3-11H2,1-2H3,(H,17,18). The van der Waals surface area contributed by atoms with Crippen LogP contribution in [0.2, 0.25) is 0 Å². The summed E-state index contributed by atoms with van der Waals surface area (Å²) in [4.78, 5) is 13.3. The van der Waals surface area contributed by atoms with Crippen LogP contribution in [0.5, 0.6) is 0 Å². The van der Waals surface area contributed by atoms with Crippen LogP contribution in [0, 0.1) is 0 Å². The van der Waals surface area contributed by atoms with Crippen molar-refractivity contribution in [3.8, 4) is 0 Å². The highest BCUT2D eigenvalue weighted by Gasteiger charge is 2.41. The van der Waals surface area contributed by atoms with Crippen molar-refractivity contribution >= 4 is 5.97 Å². The SMILES string of the molecule is CCN(C(C)CC(=O)O)C1CCOC2(CCOCC2)C1. The molecule has 1 N–H and O–H groups in total. The van der Waals surface area contributed by atoms with Gasteiger partial charge in [-0.1, -0.05) is 6.92 Å². The Labute approximate surface area is 121 Å². The lowest BCUT2D eigenvalue weighted by Crippen LogP contribution is -2.53. The van der Waals surface area contributed by atoms with Crippen LogP contribution in [0.3, 0.4) is 0 Å². The zero-order valence-corrected chi connectivity index (χ0v) is 12.6. The van der Waals surface area contributed by atoms with E-state index in [9.17, 15) is 4.79 Å². The minimum absolute atomic E-state index is 0.0302. The Bertz CT molecular complexity index is 322. The highest BCUT2D eigenvalue weighted by atomic mass is 16.5. The van der Waals surface area contributed by atoms with E-state index in [1.807, 2.05) is 6.92 Å². The van der Waals surface area contributed by atoms with Gasteiger partial charge in [0, 0.05) is 31.9 Å². The predicted octanol–water partition coefficient (Wildman–Crippen LogP) is 1.90. The van der Waals surface area contributed by atoms with Gasteiger partial charge in [0.05, 0.1) is 12.0 Å². The first-order valence-corrected chi connectivity index (χ1v) is 7.75. The molecule has 2 unspecified atom stereocenters. The fourth-order valence-electron chi connectivity index (χ4n) is 3.68. The third-order valence-corrected chi connectivity index (χ3v) is 4.74. The van der Waals surface area contributed by atoms with E-state index in [0.717, 1.165) is 52.0 Å². The number of hydrogen-bond donors (Lipinski definition) is 1. The topological polar surface area (TPSA) is 59.0 Å². The van der Waals surface area contributed by atoms with E-state index in [1.54, 1.807) is 0 Å². The van der Waals surface area contributed by atoms with Crippen molar-refractivity contribution < 1.29 is 19.4 Å². The van der Waals surface area contributed by atoms with Gasteiger partial charge in [-0.2, -0.15) is 0 Å². The fourth-order valence-corrected chi connectivity index (χ4v) is 3.68. The molecule has 2 aliphatic heterocycles. The summed E-state index contributed by atoms with van der Waals surface area (Å²) in [5.74, 6) is -0.719. The van der Waals surface area contributed by atoms with Crippen molar-refractivity contribution in [2.45, 2.75) is 63.6 Å². The normalized spacial score (nSPS) is 27.6. The quantitative estimate of drug-likeness (QED) is 0.836. The van der Waals surface area contributed by atoms with Crippen LogP contribution in [-0.2, 0) is 14.3 Å². The molecule has 2 rings (SSSR count). The molecule has 2 fully saturated rings. The Hall–Kier alpha value is -0.650. The predicted molar refractivity (Wildman–Crippen MR) is 75.9 cm³/mol. The number of hydrogen-bond acceptors (Lipinski definition) is 4. The van der Waals surface area contributed by atoms with Gasteiger partial charge in [0.25, 0.3) is 0 Å². The molecular formula is C15H27NO4. The van der Waals surface area contributed by atoms with Crippen molar-refractivity contribution in [3.05, 3.63) is 0 Å². The van der Waals surface area contributed by atoms with Gasteiger partial charge in [0.15, 0.2) is 0 Å². The summed E-state index contributed by atoms with van der Waals surface area (Å²) in [6.45, 7) is 7.37. The van der Waals surface area contributed by atoms with Gasteiger partial charge in [-0.05, 0) is 39.2 Å². The number of carbonyl (C=O) groups is 1. The number of carboxylic acid groups (broad SMARTS) is 1. The molecular weight excluding hydrogens is 258 g/mol. The lowest BCUT2D eigenvalue weighted by atomic mass is 9.83. The van der Waals surface area contributed by atoms with Crippen LogP contribution in [0.1, 0.15) is 46.0 Å². The number of aliphatic carboxylic acids is 1. The van der Waals surface area contributed by atoms with Crippen molar-refractivity contribution in [3.63, 3.8) is 0 Å². The largest absolute Gasteiger partial charge is 0.481 e. The van der Waals surface area contributed by atoms with Gasteiger partial charge in [0.1, 0.15) is 0 Å². The molecule has 0 aromatic heterocycles. The van der Waals surface area contributed by atoms with Crippen LogP contribution in [0.4, 0.5) is 0 Å². The summed E-state index contributed by atoms with van der Waals surface area (Å²) >= 11 is 0. The van der Waals surface area contributed by atoms with E-state index in [-0.39, 0.29) is 18.1 Å². The Morgan fingerprint density at radius 1 is 1.40 bits per heavy atom. The Morgan fingerprint density at radius 2 is 2.10 bits per heavy atom. The summed E-state index contributed by atoms with van der Waals surface area (Å²) in [5, 5.41) is 9.00. The zero-order valence-electron chi connectivity index (χ0n) is 12.6. The average Bonchev–Trinajstić information content (AvgIpc) is 2.39. The molecule has 2 heterocycles. The Kier molecular flexibility index (Phi) is 5.41. The first-order valence-electron chi connectivity index (χ1n) is 7.75. The van der Waals surface area contributed by atoms with Gasteiger partial charge in [0.2, 0.25) is 0 Å². The molecule has 1 spiro atoms. The Morgan fingerprint density at radius 3 is 2.70 bits per heavy atom. The monoisotopic (exact) mass is 285 g/mol. The second-order valence-electron chi connectivity index (χ2n) is 6.07. The van der Waals surface area contributed by atoms with Gasteiger partial charge in [-0.25, -0.2) is 0 Å².